The lowest BCUT2D eigenvalue weighted by atomic mass is 10.1. The molecule has 13 heteroatoms. The van der Waals surface area contributed by atoms with E-state index in [0.29, 0.717) is 23.2 Å². The van der Waals surface area contributed by atoms with Crippen LogP contribution in [0, 0.1) is 0 Å². The number of anilines is 1. The van der Waals surface area contributed by atoms with E-state index in [2.05, 4.69) is 20.0 Å². The van der Waals surface area contributed by atoms with E-state index in [1.807, 2.05) is 7.05 Å². The van der Waals surface area contributed by atoms with Crippen LogP contribution in [0.5, 0.6) is 0 Å². The Balaban J connectivity index is 1.54. The molecule has 3 heterocycles. The molecule has 166 valence electrons. The van der Waals surface area contributed by atoms with E-state index < -0.39 is 38.4 Å². The van der Waals surface area contributed by atoms with Crippen LogP contribution in [0.4, 0.5) is 5.82 Å². The number of nitrogens with zero attached hydrogens (tertiary/aromatic N) is 5. The van der Waals surface area contributed by atoms with Crippen molar-refractivity contribution in [2.24, 2.45) is 0 Å². The normalized spacial score (nSPS) is 27.9. The minimum absolute atomic E-state index is 0.277. The van der Waals surface area contributed by atoms with Gasteiger partial charge >= 0.3 is 7.60 Å². The van der Waals surface area contributed by atoms with Crippen LogP contribution in [-0.4, -0.2) is 83.9 Å². The van der Waals surface area contributed by atoms with E-state index in [-0.39, 0.29) is 6.61 Å². The van der Waals surface area contributed by atoms with Crippen molar-refractivity contribution >= 4 is 19.1 Å². The number of imidazole rings is 1. The molecule has 12 nitrogen and oxygen atoms in total. The predicted octanol–water partition coefficient (Wildman–Crippen LogP) is -0.183. The number of rotatable bonds is 7. The summed E-state index contributed by atoms with van der Waals surface area (Å²) < 4.78 is 23.1. The zero-order valence-electron chi connectivity index (χ0n) is 16.5. The maximum absolute atomic E-state index is 10.9. The molecule has 1 aliphatic carbocycles. The van der Waals surface area contributed by atoms with Crippen LogP contribution in [-0.2, 0) is 14.0 Å². The lowest BCUT2D eigenvalue weighted by Crippen LogP contribution is -2.33. The Morgan fingerprint density at radius 2 is 2.00 bits per heavy atom. The molecule has 4 atom stereocenters. The first-order valence-corrected chi connectivity index (χ1v) is 11.6. The average Bonchev–Trinajstić information content (AvgIpc) is 3.42. The largest absolute Gasteiger partial charge is 0.387 e. The Morgan fingerprint density at radius 3 is 2.70 bits per heavy atom. The number of aromatic nitrogens is 4. The summed E-state index contributed by atoms with van der Waals surface area (Å²) >= 11 is 0. The van der Waals surface area contributed by atoms with Gasteiger partial charge in [-0.25, -0.2) is 14.5 Å². The fraction of sp³-hybridized carbons (Fsp3) is 0.706. The molecule has 1 saturated carbocycles. The Kier molecular flexibility index (Phi) is 6.08. The molecule has 1 aliphatic heterocycles. The third-order valence-corrected chi connectivity index (χ3v) is 6.23. The molecule has 2 fully saturated rings. The summed E-state index contributed by atoms with van der Waals surface area (Å²) in [6.45, 7) is -0.277. The van der Waals surface area contributed by atoms with Crippen molar-refractivity contribution in [2.45, 2.75) is 56.1 Å². The second-order valence-electron chi connectivity index (χ2n) is 7.79. The van der Waals surface area contributed by atoms with Crippen molar-refractivity contribution in [3.8, 4) is 0 Å². The lowest BCUT2D eigenvalue weighted by molar-refractivity contribution is -0.0402. The summed E-state index contributed by atoms with van der Waals surface area (Å²) in [5, 5.41) is 25.0. The number of fused-ring (bicyclic) bond motifs is 1. The van der Waals surface area contributed by atoms with Gasteiger partial charge in [0.2, 0.25) is 0 Å². The van der Waals surface area contributed by atoms with Crippen LogP contribution >= 0.6 is 7.60 Å². The number of hydrogen-bond donors (Lipinski definition) is 4. The molecule has 4 N–H and O–H groups in total. The molecule has 0 unspecified atom stereocenters. The van der Waals surface area contributed by atoms with Crippen molar-refractivity contribution in [2.75, 3.05) is 24.9 Å². The summed E-state index contributed by atoms with van der Waals surface area (Å²) in [4.78, 5) is 28.7. The lowest BCUT2D eigenvalue weighted by Gasteiger charge is -2.25. The predicted molar refractivity (Wildman–Crippen MR) is 104 cm³/mol. The minimum atomic E-state index is -4.34. The van der Waals surface area contributed by atoms with Gasteiger partial charge in [-0.3, -0.25) is 4.57 Å². The molecule has 2 aliphatic rings. The maximum Gasteiger partial charge on any atom is 0.350 e. The molecule has 0 aromatic carbocycles. The van der Waals surface area contributed by atoms with Gasteiger partial charge < -0.3 is 34.4 Å². The Morgan fingerprint density at radius 1 is 1.27 bits per heavy atom. The fourth-order valence-corrected chi connectivity index (χ4v) is 4.49. The van der Waals surface area contributed by atoms with E-state index in [4.69, 9.17) is 19.3 Å². The molecule has 2 aromatic heterocycles. The molecular weight excluding hydrogens is 417 g/mol. The topological polar surface area (TPSA) is 163 Å². The van der Waals surface area contributed by atoms with Gasteiger partial charge in [-0.15, -0.1) is 0 Å². The van der Waals surface area contributed by atoms with Gasteiger partial charge in [0.05, 0.1) is 18.5 Å². The van der Waals surface area contributed by atoms with Crippen molar-refractivity contribution < 1.29 is 34.0 Å². The molecule has 0 spiro atoms. The quantitative estimate of drug-likeness (QED) is 0.420. The van der Waals surface area contributed by atoms with Crippen LogP contribution < -0.4 is 4.90 Å². The summed E-state index contributed by atoms with van der Waals surface area (Å²) in [5.74, 6) is 0.678. The van der Waals surface area contributed by atoms with E-state index >= 15 is 0 Å². The summed E-state index contributed by atoms with van der Waals surface area (Å²) in [7, 11) is -2.36. The van der Waals surface area contributed by atoms with Crippen LogP contribution in [0.3, 0.4) is 0 Å². The molecule has 1 saturated heterocycles. The van der Waals surface area contributed by atoms with Gasteiger partial charge in [0.1, 0.15) is 37.1 Å². The highest BCUT2D eigenvalue weighted by Gasteiger charge is 2.45. The third kappa shape index (κ3) is 4.22. The molecule has 0 bridgehead atoms. The smallest absolute Gasteiger partial charge is 0.350 e. The van der Waals surface area contributed by atoms with Gasteiger partial charge in [-0.2, -0.15) is 5.10 Å². The number of aliphatic hydroxyl groups is 2. The van der Waals surface area contributed by atoms with Crippen molar-refractivity contribution in [1.29, 1.82) is 0 Å². The van der Waals surface area contributed by atoms with Crippen LogP contribution in [0.2, 0.25) is 0 Å². The first kappa shape index (κ1) is 21.6. The van der Waals surface area contributed by atoms with E-state index in [0.717, 1.165) is 12.8 Å². The second kappa shape index (κ2) is 8.46. The molecular formula is C17H26N5O7P. The molecule has 4 rings (SSSR count). The van der Waals surface area contributed by atoms with Crippen LogP contribution in [0.15, 0.2) is 12.5 Å². The van der Waals surface area contributed by atoms with Gasteiger partial charge in [-0.05, 0) is 12.8 Å². The molecule has 2 aromatic rings. The van der Waals surface area contributed by atoms with E-state index in [1.165, 1.54) is 29.9 Å². The maximum atomic E-state index is 10.9. The van der Waals surface area contributed by atoms with Gasteiger partial charge in [0.25, 0.3) is 0 Å². The standard InChI is InChI=1S/C17H26N5O7P/c1-21(10-4-2-3-5-10)16-17-18-6-11(22(17)20-8-19-16)15-14(24)13(23)12(29-15)7-28-9-30(25,26)27/h6,8,10,12-15,23-24H,2-5,7,9H2,1H3,(H2,25,26,27)/t12-,13-,14-,15+/m1/s1. The highest BCUT2D eigenvalue weighted by atomic mass is 31.2. The van der Waals surface area contributed by atoms with Crippen molar-refractivity contribution in [1.82, 2.24) is 19.6 Å². The summed E-state index contributed by atoms with van der Waals surface area (Å²) in [6.07, 6.45) is 2.23. The Hall–Kier alpha value is -1.66. The van der Waals surface area contributed by atoms with Crippen LogP contribution in [0.25, 0.3) is 5.65 Å². The number of aliphatic hydroxyl groups excluding tert-OH is 2. The van der Waals surface area contributed by atoms with Gasteiger partial charge in [0, 0.05) is 13.1 Å². The number of hydrogen-bond acceptors (Lipinski definition) is 9. The monoisotopic (exact) mass is 443 g/mol. The highest BCUT2D eigenvalue weighted by Crippen LogP contribution is 2.37. The molecule has 30 heavy (non-hydrogen) atoms. The highest BCUT2D eigenvalue weighted by molar-refractivity contribution is 7.51. The fourth-order valence-electron chi connectivity index (χ4n) is 4.15. The SMILES string of the molecule is CN(c1ncnn2c([C@@H]3O[C@H](COCP(=O)(O)O)[C@@H](O)[C@H]3O)cnc12)C1CCCC1. The molecule has 0 radical (unpaired) electrons. The zero-order valence-corrected chi connectivity index (χ0v) is 17.4. The Bertz CT molecular complexity index is 930. The number of ether oxygens (including phenoxy) is 2. The van der Waals surface area contributed by atoms with Crippen molar-refractivity contribution in [3.63, 3.8) is 0 Å². The average molecular weight is 443 g/mol. The first-order valence-electron chi connectivity index (χ1n) is 9.81. The van der Waals surface area contributed by atoms with Crippen molar-refractivity contribution in [3.05, 3.63) is 18.2 Å². The summed E-state index contributed by atoms with van der Waals surface area (Å²) in [6, 6.07) is 0.384. The Labute approximate surface area is 172 Å². The van der Waals surface area contributed by atoms with Gasteiger partial charge in [-0.1, -0.05) is 12.8 Å². The first-order chi connectivity index (χ1) is 14.3. The van der Waals surface area contributed by atoms with E-state index in [1.54, 1.807) is 0 Å². The van der Waals surface area contributed by atoms with Crippen LogP contribution in [0.1, 0.15) is 37.5 Å². The van der Waals surface area contributed by atoms with E-state index in [9.17, 15) is 14.8 Å². The minimum Gasteiger partial charge on any atom is -0.387 e. The zero-order chi connectivity index (χ0) is 21.5. The molecule has 0 amide bonds. The second-order valence-corrected chi connectivity index (χ2v) is 9.38. The van der Waals surface area contributed by atoms with Gasteiger partial charge in [0.15, 0.2) is 11.5 Å². The summed E-state index contributed by atoms with van der Waals surface area (Å²) in [5.41, 5.74) is 0.964. The third-order valence-electron chi connectivity index (χ3n) is 5.71.